The van der Waals surface area contributed by atoms with Crippen molar-refractivity contribution in [3.63, 3.8) is 0 Å². The number of halogens is 2. The second-order valence-corrected chi connectivity index (χ2v) is 9.57. The van der Waals surface area contributed by atoms with Crippen molar-refractivity contribution in [2.24, 2.45) is 5.92 Å². The molecule has 0 atom stereocenters. The van der Waals surface area contributed by atoms with Crippen molar-refractivity contribution in [1.29, 1.82) is 5.26 Å². The molecule has 5 N–H and O–H groups in total. The van der Waals surface area contributed by atoms with Gasteiger partial charge in [-0.2, -0.15) is 5.26 Å². The van der Waals surface area contributed by atoms with Crippen LogP contribution >= 0.6 is 23.3 Å². The van der Waals surface area contributed by atoms with Gasteiger partial charge in [0.15, 0.2) is 5.13 Å². The molecule has 1 saturated carbocycles. The lowest BCUT2D eigenvalue weighted by Crippen LogP contribution is -2.26. The molecule has 1 heterocycles. The summed E-state index contributed by atoms with van der Waals surface area (Å²) in [4.78, 5) is 15.5. The van der Waals surface area contributed by atoms with Crippen LogP contribution in [0.25, 0.3) is 0 Å². The van der Waals surface area contributed by atoms with Crippen LogP contribution in [0.3, 0.4) is 0 Å². The molecule has 0 spiro atoms. The van der Waals surface area contributed by atoms with Gasteiger partial charge in [-0.05, 0) is 30.9 Å². The van der Waals surface area contributed by atoms with Gasteiger partial charge < -0.3 is 11.5 Å². The minimum absolute atomic E-state index is 0.0234. The van der Waals surface area contributed by atoms with Gasteiger partial charge in [-0.1, -0.05) is 56.4 Å². The number of nitrogens with zero attached hydrogens (tertiary/aromatic N) is 2. The van der Waals surface area contributed by atoms with Crippen LogP contribution in [0.1, 0.15) is 66.8 Å². The molecule has 1 fully saturated rings. The Labute approximate surface area is 189 Å². The first-order valence-corrected chi connectivity index (χ1v) is 11.9. The van der Waals surface area contributed by atoms with Crippen molar-refractivity contribution >= 4 is 40.0 Å². The predicted molar refractivity (Wildman–Crippen MR) is 123 cm³/mol. The van der Waals surface area contributed by atoms with Crippen molar-refractivity contribution in [2.75, 3.05) is 17.2 Å². The molecule has 10 heteroatoms. The first-order chi connectivity index (χ1) is 14.7. The fourth-order valence-corrected chi connectivity index (χ4v) is 4.63. The highest BCUT2D eigenvalue weighted by molar-refractivity contribution is 7.97. The Kier molecular flexibility index (Phi) is 9.68. The van der Waals surface area contributed by atoms with Crippen molar-refractivity contribution in [3.8, 4) is 6.07 Å². The van der Waals surface area contributed by atoms with E-state index in [1.165, 1.54) is 37.9 Å². The summed E-state index contributed by atoms with van der Waals surface area (Å²) >= 11 is 2.66. The molecule has 0 unspecified atom stereocenters. The fourth-order valence-electron chi connectivity index (χ4n) is 3.03. The normalized spacial score (nSPS) is 14.1. The van der Waals surface area contributed by atoms with E-state index < -0.39 is 23.0 Å². The fraction of sp³-hybridized carbons (Fsp3) is 0.476. The molecule has 0 amide bonds. The Balaban J connectivity index is 0.000000245. The van der Waals surface area contributed by atoms with Crippen LogP contribution in [0.2, 0.25) is 0 Å². The number of hydrogen-bond acceptors (Lipinski definition) is 8. The van der Waals surface area contributed by atoms with Crippen LogP contribution in [0, 0.1) is 28.9 Å². The van der Waals surface area contributed by atoms with E-state index in [0.717, 1.165) is 35.4 Å². The number of nitrogens with one attached hydrogen (secondary N) is 1. The van der Waals surface area contributed by atoms with E-state index in [1.54, 1.807) is 6.07 Å². The summed E-state index contributed by atoms with van der Waals surface area (Å²) in [7, 11) is 0. The molecule has 0 radical (unpaired) electrons. The van der Waals surface area contributed by atoms with Crippen LogP contribution < -0.4 is 16.2 Å². The molecule has 0 bridgehead atoms. The molecule has 3 rings (SSSR count). The maximum Gasteiger partial charge on any atom is 0.212 e. The number of nitrogens with two attached hydrogens (primary N) is 2. The van der Waals surface area contributed by atoms with E-state index in [-0.39, 0.29) is 21.4 Å². The van der Waals surface area contributed by atoms with Gasteiger partial charge in [-0.15, -0.1) is 0 Å². The summed E-state index contributed by atoms with van der Waals surface area (Å²) in [5, 5.41) is 8.59. The lowest BCUT2D eigenvalue weighted by molar-refractivity contribution is 0.103. The minimum atomic E-state index is -1.13. The second-order valence-electron chi connectivity index (χ2n) is 7.68. The summed E-state index contributed by atoms with van der Waals surface area (Å²) in [6.07, 6.45) is 7.10. The van der Waals surface area contributed by atoms with Gasteiger partial charge in [0.2, 0.25) is 5.78 Å². The Morgan fingerprint density at radius 1 is 1.29 bits per heavy atom. The van der Waals surface area contributed by atoms with E-state index in [2.05, 4.69) is 23.6 Å². The number of aromatic nitrogens is 1. The van der Waals surface area contributed by atoms with Crippen LogP contribution in [-0.2, 0) is 0 Å². The third-order valence-corrected chi connectivity index (χ3v) is 6.78. The lowest BCUT2D eigenvalue weighted by atomic mass is 9.96. The Morgan fingerprint density at radius 2 is 1.90 bits per heavy atom. The van der Waals surface area contributed by atoms with Gasteiger partial charge >= 0.3 is 0 Å². The number of benzene rings is 1. The maximum atomic E-state index is 13.7. The summed E-state index contributed by atoms with van der Waals surface area (Å²) in [6, 6.07) is 3.94. The van der Waals surface area contributed by atoms with Gasteiger partial charge in [0, 0.05) is 11.8 Å². The van der Waals surface area contributed by atoms with Crippen molar-refractivity contribution in [2.45, 2.75) is 52.0 Å². The molecule has 31 heavy (non-hydrogen) atoms. The third-order valence-electron chi connectivity index (χ3n) is 4.55. The predicted octanol–water partition coefficient (Wildman–Crippen LogP) is 4.90. The zero-order valence-corrected chi connectivity index (χ0v) is 19.2. The van der Waals surface area contributed by atoms with Gasteiger partial charge in [0.25, 0.3) is 0 Å². The highest BCUT2D eigenvalue weighted by Crippen LogP contribution is 2.27. The van der Waals surface area contributed by atoms with E-state index in [4.69, 9.17) is 16.7 Å². The van der Waals surface area contributed by atoms with Crippen molar-refractivity contribution in [3.05, 3.63) is 39.8 Å². The number of hydrogen-bond donors (Lipinski definition) is 3. The third kappa shape index (κ3) is 7.45. The van der Waals surface area contributed by atoms with E-state index in [9.17, 15) is 13.6 Å². The molecule has 168 valence electrons. The quantitative estimate of drug-likeness (QED) is 0.408. The molecule has 6 nitrogen and oxygen atoms in total. The zero-order chi connectivity index (χ0) is 23.0. The summed E-state index contributed by atoms with van der Waals surface area (Å²) in [6.45, 7) is 4.55. The van der Waals surface area contributed by atoms with Crippen molar-refractivity contribution < 1.29 is 13.6 Å². The summed E-state index contributed by atoms with van der Waals surface area (Å²) < 4.78 is 30.9. The molecule has 2 aromatic rings. The van der Waals surface area contributed by atoms with E-state index in [1.807, 2.05) is 11.9 Å². The number of ketones is 1. The average Bonchev–Trinajstić information content (AvgIpc) is 3.06. The molecule has 0 saturated heterocycles. The highest BCUT2D eigenvalue weighted by atomic mass is 32.2. The molecule has 1 aromatic carbocycles. The average molecular weight is 468 g/mol. The van der Waals surface area contributed by atoms with Crippen molar-refractivity contribution in [1.82, 2.24) is 9.71 Å². The molecular weight excluding hydrogens is 440 g/mol. The zero-order valence-electron chi connectivity index (χ0n) is 17.6. The highest BCUT2D eigenvalue weighted by Gasteiger charge is 2.24. The topological polar surface area (TPSA) is 118 Å². The van der Waals surface area contributed by atoms with Crippen LogP contribution in [-0.4, -0.2) is 22.6 Å². The standard InChI is InChI=1S/C11H6F2N4OS.C10H21NS/c12-5-1-4(3-14)2-6(13)7(5)8(18)9-10(15)17-11(16)19-9;1-9(2)8-12-11-10-6-4-3-5-7-10/h1-2H,15H2,(H2,16,17);9-11H,3-8H2,1-2H3. The molecular formula is C21H27F2N5OS2. The second kappa shape index (κ2) is 12.0. The Morgan fingerprint density at radius 3 is 2.39 bits per heavy atom. The van der Waals surface area contributed by atoms with Crippen LogP contribution in [0.5, 0.6) is 0 Å². The monoisotopic (exact) mass is 467 g/mol. The number of carbonyl (C=O) groups excluding carboxylic acids is 1. The SMILES string of the molecule is CC(C)CSNC1CCCCC1.N#Cc1cc(F)c(C(=O)c2sc(N)nc2N)c(F)c1. The first-order valence-electron chi connectivity index (χ1n) is 10.1. The summed E-state index contributed by atoms with van der Waals surface area (Å²) in [5.74, 6) is -1.34. The van der Waals surface area contributed by atoms with Gasteiger partial charge in [-0.3, -0.25) is 9.52 Å². The first kappa shape index (κ1) is 25.0. The number of rotatable bonds is 6. The van der Waals surface area contributed by atoms with E-state index in [0.29, 0.717) is 0 Å². The Hall–Kier alpha value is -2.22. The summed E-state index contributed by atoms with van der Waals surface area (Å²) in [5.41, 5.74) is 9.80. The smallest absolute Gasteiger partial charge is 0.212 e. The minimum Gasteiger partial charge on any atom is -0.382 e. The van der Waals surface area contributed by atoms with Gasteiger partial charge in [0.05, 0.1) is 17.2 Å². The molecule has 1 aliphatic rings. The number of anilines is 2. The number of thiazole rings is 1. The van der Waals surface area contributed by atoms with E-state index >= 15 is 0 Å². The van der Waals surface area contributed by atoms with Crippen LogP contribution in [0.15, 0.2) is 12.1 Å². The maximum absolute atomic E-state index is 13.7. The molecule has 0 aliphatic heterocycles. The number of carbonyl (C=O) groups is 1. The number of nitrogen functional groups attached to an aromatic ring is 2. The number of nitriles is 1. The lowest BCUT2D eigenvalue weighted by Gasteiger charge is -2.22. The van der Waals surface area contributed by atoms with Gasteiger partial charge in [-0.25, -0.2) is 13.8 Å². The van der Waals surface area contributed by atoms with Crippen LogP contribution in [0.4, 0.5) is 19.7 Å². The molecule has 1 aliphatic carbocycles. The largest absolute Gasteiger partial charge is 0.382 e. The van der Waals surface area contributed by atoms with Gasteiger partial charge in [0.1, 0.15) is 22.3 Å². The Bertz CT molecular complexity index is 913. The molecule has 1 aromatic heterocycles.